The second kappa shape index (κ2) is 6.26. The van der Waals surface area contributed by atoms with Crippen molar-refractivity contribution in [2.24, 2.45) is 5.92 Å². The molecule has 1 saturated heterocycles. The van der Waals surface area contributed by atoms with E-state index in [2.05, 4.69) is 0 Å². The van der Waals surface area contributed by atoms with E-state index in [4.69, 9.17) is 25.8 Å². The summed E-state index contributed by atoms with van der Waals surface area (Å²) < 4.78 is 15.6. The molecule has 4 nitrogen and oxygen atoms in total. The number of rotatable bonds is 4. The Balaban J connectivity index is 2.30. The number of ketones is 1. The number of Topliss-reactive ketones (excluding diaryl/α,β-unsaturated/α-hetero) is 1. The lowest BCUT2D eigenvalue weighted by Crippen LogP contribution is -2.23. The van der Waals surface area contributed by atoms with Gasteiger partial charge in [0, 0.05) is 30.8 Å². The quantitative estimate of drug-likeness (QED) is 0.798. The van der Waals surface area contributed by atoms with Crippen LogP contribution in [0.15, 0.2) is 12.1 Å². The van der Waals surface area contributed by atoms with Crippen LogP contribution in [0.4, 0.5) is 0 Å². The lowest BCUT2D eigenvalue weighted by molar-refractivity contribution is 0.0545. The van der Waals surface area contributed by atoms with Crippen molar-refractivity contribution in [3.05, 3.63) is 22.7 Å². The number of benzene rings is 1. The van der Waals surface area contributed by atoms with Crippen LogP contribution in [-0.2, 0) is 4.74 Å². The van der Waals surface area contributed by atoms with Gasteiger partial charge in [0.05, 0.1) is 19.2 Å². The molecule has 0 spiro atoms. The Morgan fingerprint density at radius 2 is 1.79 bits per heavy atom. The second-order valence-corrected chi connectivity index (χ2v) is 4.85. The molecule has 0 saturated carbocycles. The summed E-state index contributed by atoms with van der Waals surface area (Å²) in [5, 5.41) is 0.397. The predicted molar refractivity (Wildman–Crippen MR) is 72.4 cm³/mol. The Morgan fingerprint density at radius 3 is 2.37 bits per heavy atom. The lowest BCUT2D eigenvalue weighted by atomic mass is 9.91. The summed E-state index contributed by atoms with van der Waals surface area (Å²) in [6, 6.07) is 3.27. The molecule has 1 aliphatic rings. The van der Waals surface area contributed by atoms with Gasteiger partial charge in [-0.3, -0.25) is 4.79 Å². The van der Waals surface area contributed by atoms with Crippen LogP contribution in [0.25, 0.3) is 0 Å². The van der Waals surface area contributed by atoms with E-state index >= 15 is 0 Å². The van der Waals surface area contributed by atoms with E-state index in [-0.39, 0.29) is 11.7 Å². The Hall–Kier alpha value is -1.26. The van der Waals surface area contributed by atoms with Crippen LogP contribution in [-0.4, -0.2) is 33.2 Å². The van der Waals surface area contributed by atoms with Crippen LogP contribution in [0.1, 0.15) is 23.2 Å². The molecule has 0 N–H and O–H groups in total. The van der Waals surface area contributed by atoms with Crippen molar-refractivity contribution in [3.8, 4) is 11.5 Å². The summed E-state index contributed by atoms with van der Waals surface area (Å²) in [7, 11) is 3.07. The number of carbonyl (C=O) groups excluding carboxylic acids is 1. The molecule has 1 fully saturated rings. The summed E-state index contributed by atoms with van der Waals surface area (Å²) in [4.78, 5) is 12.5. The summed E-state index contributed by atoms with van der Waals surface area (Å²) >= 11 is 6.16. The molecule has 0 amide bonds. The highest BCUT2D eigenvalue weighted by Gasteiger charge is 2.25. The average molecular weight is 285 g/mol. The number of carbonyl (C=O) groups is 1. The summed E-state index contributed by atoms with van der Waals surface area (Å²) in [6.45, 7) is 1.25. The van der Waals surface area contributed by atoms with Crippen molar-refractivity contribution in [3.63, 3.8) is 0 Å². The fourth-order valence-electron chi connectivity index (χ4n) is 2.22. The van der Waals surface area contributed by atoms with E-state index in [1.165, 1.54) is 14.2 Å². The van der Waals surface area contributed by atoms with E-state index in [1.807, 2.05) is 0 Å². The van der Waals surface area contributed by atoms with Crippen LogP contribution in [0.2, 0.25) is 5.02 Å². The number of ether oxygens (including phenoxy) is 3. The first-order valence-electron chi connectivity index (χ1n) is 6.21. The molecule has 0 bridgehead atoms. The van der Waals surface area contributed by atoms with Crippen molar-refractivity contribution in [1.82, 2.24) is 0 Å². The first-order chi connectivity index (χ1) is 9.17. The van der Waals surface area contributed by atoms with Gasteiger partial charge < -0.3 is 14.2 Å². The monoisotopic (exact) mass is 284 g/mol. The molecular formula is C14H17ClO4. The van der Waals surface area contributed by atoms with Crippen LogP contribution >= 0.6 is 11.6 Å². The normalized spacial score (nSPS) is 16.2. The van der Waals surface area contributed by atoms with Gasteiger partial charge in [0.1, 0.15) is 0 Å². The molecule has 0 aliphatic carbocycles. The van der Waals surface area contributed by atoms with E-state index in [9.17, 15) is 4.79 Å². The van der Waals surface area contributed by atoms with Gasteiger partial charge in [0.2, 0.25) is 0 Å². The lowest BCUT2D eigenvalue weighted by Gasteiger charge is -2.21. The maximum Gasteiger partial charge on any atom is 0.167 e. The fourth-order valence-corrected chi connectivity index (χ4v) is 2.47. The zero-order valence-electron chi connectivity index (χ0n) is 11.1. The molecule has 0 radical (unpaired) electrons. The molecular weight excluding hydrogens is 268 g/mol. The average Bonchev–Trinajstić information content (AvgIpc) is 2.47. The van der Waals surface area contributed by atoms with Crippen LogP contribution in [0.5, 0.6) is 11.5 Å². The zero-order chi connectivity index (χ0) is 13.8. The minimum Gasteiger partial charge on any atom is -0.493 e. The predicted octanol–water partition coefficient (Wildman–Crippen LogP) is 2.97. The van der Waals surface area contributed by atoms with Gasteiger partial charge >= 0.3 is 0 Å². The van der Waals surface area contributed by atoms with Crippen LogP contribution < -0.4 is 9.47 Å². The van der Waals surface area contributed by atoms with Gasteiger partial charge in [0.15, 0.2) is 17.3 Å². The SMILES string of the molecule is COc1cc(Cl)c(C(=O)C2CCOCC2)cc1OC. The third kappa shape index (κ3) is 3.01. The number of methoxy groups -OCH3 is 2. The van der Waals surface area contributed by atoms with E-state index in [0.29, 0.717) is 35.3 Å². The number of hydrogen-bond acceptors (Lipinski definition) is 4. The molecule has 5 heteroatoms. The maximum absolute atomic E-state index is 12.5. The third-order valence-corrected chi connectivity index (χ3v) is 3.64. The van der Waals surface area contributed by atoms with E-state index in [1.54, 1.807) is 12.1 Å². The molecule has 1 aliphatic heterocycles. The Morgan fingerprint density at radius 1 is 1.21 bits per heavy atom. The van der Waals surface area contributed by atoms with E-state index < -0.39 is 0 Å². The van der Waals surface area contributed by atoms with Gasteiger partial charge in [-0.05, 0) is 18.9 Å². The standard InChI is InChI=1S/C14H17ClO4/c1-17-12-7-10(11(15)8-13(12)18-2)14(16)9-3-5-19-6-4-9/h7-9H,3-6H2,1-2H3. The molecule has 1 aromatic carbocycles. The summed E-state index contributed by atoms with van der Waals surface area (Å²) in [6.07, 6.45) is 1.48. The molecule has 1 heterocycles. The Kier molecular flexibility index (Phi) is 4.66. The smallest absolute Gasteiger partial charge is 0.167 e. The minimum absolute atomic E-state index is 0.0237. The molecule has 1 aromatic rings. The summed E-state index contributed by atoms with van der Waals surface area (Å²) in [5.41, 5.74) is 0.492. The fraction of sp³-hybridized carbons (Fsp3) is 0.500. The highest BCUT2D eigenvalue weighted by molar-refractivity contribution is 6.34. The van der Waals surface area contributed by atoms with Crippen molar-refractivity contribution in [2.75, 3.05) is 27.4 Å². The molecule has 0 atom stereocenters. The first kappa shape index (κ1) is 14.2. The zero-order valence-corrected chi connectivity index (χ0v) is 11.8. The van der Waals surface area contributed by atoms with Crippen molar-refractivity contribution >= 4 is 17.4 Å². The Labute approximate surface area is 117 Å². The molecule has 2 rings (SSSR count). The van der Waals surface area contributed by atoms with Gasteiger partial charge in [-0.25, -0.2) is 0 Å². The molecule has 19 heavy (non-hydrogen) atoms. The topological polar surface area (TPSA) is 44.8 Å². The van der Waals surface area contributed by atoms with Crippen molar-refractivity contribution in [2.45, 2.75) is 12.8 Å². The molecule has 0 unspecified atom stereocenters. The van der Waals surface area contributed by atoms with Gasteiger partial charge in [-0.1, -0.05) is 11.6 Å². The van der Waals surface area contributed by atoms with E-state index in [0.717, 1.165) is 12.8 Å². The molecule has 0 aromatic heterocycles. The van der Waals surface area contributed by atoms with Gasteiger partial charge in [0.25, 0.3) is 0 Å². The van der Waals surface area contributed by atoms with Gasteiger partial charge in [-0.2, -0.15) is 0 Å². The van der Waals surface area contributed by atoms with Crippen molar-refractivity contribution < 1.29 is 19.0 Å². The number of halogens is 1. The highest BCUT2D eigenvalue weighted by Crippen LogP contribution is 2.35. The third-order valence-electron chi connectivity index (χ3n) is 3.33. The largest absolute Gasteiger partial charge is 0.493 e. The number of hydrogen-bond donors (Lipinski definition) is 0. The van der Waals surface area contributed by atoms with Crippen molar-refractivity contribution in [1.29, 1.82) is 0 Å². The first-order valence-corrected chi connectivity index (χ1v) is 6.58. The van der Waals surface area contributed by atoms with Crippen LogP contribution in [0, 0.1) is 5.92 Å². The molecule has 104 valence electrons. The Bertz CT molecular complexity index is 467. The second-order valence-electron chi connectivity index (χ2n) is 4.44. The van der Waals surface area contributed by atoms with Gasteiger partial charge in [-0.15, -0.1) is 0 Å². The highest BCUT2D eigenvalue weighted by atomic mass is 35.5. The van der Waals surface area contributed by atoms with Crippen LogP contribution in [0.3, 0.4) is 0 Å². The minimum atomic E-state index is -0.0237. The maximum atomic E-state index is 12.5. The summed E-state index contributed by atoms with van der Waals surface area (Å²) in [5.74, 6) is 1.07.